The van der Waals surface area contributed by atoms with Gasteiger partial charge in [-0.05, 0) is 117 Å². The lowest BCUT2D eigenvalue weighted by atomic mass is 9.98. The lowest BCUT2D eigenvalue weighted by molar-refractivity contribution is 1.18. The molecule has 0 spiro atoms. The highest BCUT2D eigenvalue weighted by molar-refractivity contribution is 6.10. The Morgan fingerprint density at radius 3 is 1.39 bits per heavy atom. The molecule has 0 radical (unpaired) electrons. The van der Waals surface area contributed by atoms with Gasteiger partial charge in [-0.25, -0.2) is 0 Å². The molecule has 0 aliphatic heterocycles. The number of hydrogen-bond donors (Lipinski definition) is 0. The zero-order valence-electron chi connectivity index (χ0n) is 29.7. The van der Waals surface area contributed by atoms with Crippen molar-refractivity contribution < 1.29 is 0 Å². The van der Waals surface area contributed by atoms with E-state index in [0.717, 1.165) is 17.1 Å². The van der Waals surface area contributed by atoms with Gasteiger partial charge < -0.3 is 9.47 Å². The number of fused-ring (bicyclic) bond motifs is 4. The number of aromatic nitrogens is 1. The molecule has 1 aromatic heterocycles. The minimum atomic E-state index is 1.11. The molecular formula is C52H36N2. The number of rotatable bonds is 7. The van der Waals surface area contributed by atoms with E-state index in [1.54, 1.807) is 0 Å². The van der Waals surface area contributed by atoms with Gasteiger partial charge in [0.25, 0.3) is 0 Å². The van der Waals surface area contributed by atoms with Gasteiger partial charge in [0.05, 0.1) is 11.0 Å². The van der Waals surface area contributed by atoms with Crippen LogP contribution in [-0.2, 0) is 0 Å². The Balaban J connectivity index is 0.940. The summed E-state index contributed by atoms with van der Waals surface area (Å²) in [6.07, 6.45) is 0. The summed E-state index contributed by atoms with van der Waals surface area (Å²) >= 11 is 0. The molecule has 0 saturated carbocycles. The van der Waals surface area contributed by atoms with Gasteiger partial charge in [-0.3, -0.25) is 0 Å². The fourth-order valence-electron chi connectivity index (χ4n) is 7.86. The molecule has 0 aliphatic rings. The molecule has 0 atom stereocenters. The summed E-state index contributed by atoms with van der Waals surface area (Å²) in [5, 5.41) is 5.04. The minimum absolute atomic E-state index is 1.11. The third kappa shape index (κ3) is 5.71. The van der Waals surface area contributed by atoms with E-state index in [0.29, 0.717) is 0 Å². The maximum absolute atomic E-state index is 2.36. The summed E-state index contributed by atoms with van der Waals surface area (Å²) in [5.74, 6) is 0. The highest BCUT2D eigenvalue weighted by atomic mass is 15.1. The number of anilines is 3. The fourth-order valence-corrected chi connectivity index (χ4v) is 7.86. The van der Waals surface area contributed by atoms with Gasteiger partial charge in [-0.1, -0.05) is 146 Å². The largest absolute Gasteiger partial charge is 0.311 e. The third-order valence-electron chi connectivity index (χ3n) is 10.6. The topological polar surface area (TPSA) is 8.17 Å². The van der Waals surface area contributed by atoms with Gasteiger partial charge in [0.2, 0.25) is 0 Å². The molecule has 10 aromatic rings. The monoisotopic (exact) mass is 688 g/mol. The highest BCUT2D eigenvalue weighted by Crippen LogP contribution is 2.38. The summed E-state index contributed by atoms with van der Waals surface area (Å²) in [6, 6.07) is 78.8. The minimum Gasteiger partial charge on any atom is -0.311 e. The standard InChI is InChI=1S/C52H36N2/c1-3-13-45(14-4-1)53(48-32-27-41(28-33-48)43-24-23-37-11-7-8-12-42(37)35-43)47-30-25-39(26-31-47)38-19-21-40(22-20-38)44-29-34-52-50(36-44)49-17-9-10-18-51(49)54(52)46-15-5-2-6-16-46/h1-36H. The van der Waals surface area contributed by atoms with Crippen molar-refractivity contribution in [3.8, 4) is 39.1 Å². The normalized spacial score (nSPS) is 11.3. The van der Waals surface area contributed by atoms with Gasteiger partial charge in [-0.15, -0.1) is 0 Å². The van der Waals surface area contributed by atoms with Crippen LogP contribution in [0.5, 0.6) is 0 Å². The van der Waals surface area contributed by atoms with Crippen molar-refractivity contribution >= 4 is 49.6 Å². The van der Waals surface area contributed by atoms with E-state index in [4.69, 9.17) is 0 Å². The smallest absolute Gasteiger partial charge is 0.0541 e. The Labute approximate surface area is 315 Å². The highest BCUT2D eigenvalue weighted by Gasteiger charge is 2.15. The van der Waals surface area contributed by atoms with E-state index >= 15 is 0 Å². The van der Waals surface area contributed by atoms with Crippen molar-refractivity contribution in [2.24, 2.45) is 0 Å². The molecule has 9 aromatic carbocycles. The van der Waals surface area contributed by atoms with Crippen LogP contribution in [0, 0.1) is 0 Å². The van der Waals surface area contributed by atoms with Crippen molar-refractivity contribution in [3.63, 3.8) is 0 Å². The molecule has 2 nitrogen and oxygen atoms in total. The third-order valence-corrected chi connectivity index (χ3v) is 10.6. The molecule has 0 amide bonds. The number of para-hydroxylation sites is 3. The van der Waals surface area contributed by atoms with Gasteiger partial charge in [-0.2, -0.15) is 0 Å². The van der Waals surface area contributed by atoms with E-state index in [2.05, 4.69) is 228 Å². The Morgan fingerprint density at radius 1 is 0.278 bits per heavy atom. The van der Waals surface area contributed by atoms with Crippen LogP contribution in [0.25, 0.3) is 71.6 Å². The summed E-state index contributed by atoms with van der Waals surface area (Å²) in [4.78, 5) is 2.32. The molecule has 0 aliphatic carbocycles. The Hall–Kier alpha value is -7.16. The molecule has 0 bridgehead atoms. The zero-order chi connectivity index (χ0) is 35.8. The Morgan fingerprint density at radius 2 is 0.722 bits per heavy atom. The first-order valence-electron chi connectivity index (χ1n) is 18.5. The zero-order valence-corrected chi connectivity index (χ0v) is 29.7. The van der Waals surface area contributed by atoms with Gasteiger partial charge >= 0.3 is 0 Å². The number of hydrogen-bond acceptors (Lipinski definition) is 1. The second-order valence-electron chi connectivity index (χ2n) is 13.8. The van der Waals surface area contributed by atoms with Crippen molar-refractivity contribution in [1.29, 1.82) is 0 Å². The van der Waals surface area contributed by atoms with E-state index in [9.17, 15) is 0 Å². The molecule has 0 saturated heterocycles. The van der Waals surface area contributed by atoms with Crippen molar-refractivity contribution in [2.45, 2.75) is 0 Å². The van der Waals surface area contributed by atoms with Crippen LogP contribution in [0.3, 0.4) is 0 Å². The van der Waals surface area contributed by atoms with Crippen LogP contribution in [0.4, 0.5) is 17.1 Å². The van der Waals surface area contributed by atoms with E-state index in [1.807, 2.05) is 0 Å². The summed E-state index contributed by atoms with van der Waals surface area (Å²) < 4.78 is 2.36. The summed E-state index contributed by atoms with van der Waals surface area (Å²) in [7, 11) is 0. The molecule has 2 heteroatoms. The molecule has 54 heavy (non-hydrogen) atoms. The molecule has 1 heterocycles. The van der Waals surface area contributed by atoms with Crippen LogP contribution >= 0.6 is 0 Å². The predicted octanol–water partition coefficient (Wildman–Crippen LogP) is 14.4. The van der Waals surface area contributed by atoms with Crippen LogP contribution in [0.1, 0.15) is 0 Å². The van der Waals surface area contributed by atoms with Crippen LogP contribution in [0.2, 0.25) is 0 Å². The van der Waals surface area contributed by atoms with Gasteiger partial charge in [0.15, 0.2) is 0 Å². The van der Waals surface area contributed by atoms with Crippen LogP contribution in [-0.4, -0.2) is 4.57 Å². The Kier molecular flexibility index (Phi) is 7.85. The SMILES string of the molecule is c1ccc(N(c2ccc(-c3ccc(-c4ccc5c(c4)c4ccccc4n5-c4ccccc4)cc3)cc2)c2ccc(-c3ccc4ccccc4c3)cc2)cc1. The average Bonchev–Trinajstić information content (AvgIpc) is 3.59. The van der Waals surface area contributed by atoms with E-state index < -0.39 is 0 Å². The number of benzene rings is 9. The van der Waals surface area contributed by atoms with Crippen LogP contribution in [0.15, 0.2) is 218 Å². The van der Waals surface area contributed by atoms with Crippen LogP contribution < -0.4 is 4.90 Å². The lowest BCUT2D eigenvalue weighted by Gasteiger charge is -2.26. The van der Waals surface area contributed by atoms with Crippen molar-refractivity contribution in [3.05, 3.63) is 218 Å². The molecule has 0 unspecified atom stereocenters. The molecule has 10 rings (SSSR count). The van der Waals surface area contributed by atoms with E-state index in [-0.39, 0.29) is 0 Å². The second kappa shape index (κ2) is 13.4. The maximum Gasteiger partial charge on any atom is 0.0541 e. The number of nitrogens with zero attached hydrogens (tertiary/aromatic N) is 2. The average molecular weight is 689 g/mol. The fraction of sp³-hybridized carbons (Fsp3) is 0. The van der Waals surface area contributed by atoms with Crippen molar-refractivity contribution in [1.82, 2.24) is 4.57 Å². The maximum atomic E-state index is 2.36. The molecule has 254 valence electrons. The summed E-state index contributed by atoms with van der Waals surface area (Å²) in [6.45, 7) is 0. The predicted molar refractivity (Wildman–Crippen MR) is 229 cm³/mol. The quantitative estimate of drug-likeness (QED) is 0.162. The molecule has 0 fully saturated rings. The first kappa shape index (κ1) is 31.6. The van der Waals surface area contributed by atoms with E-state index in [1.165, 1.54) is 71.6 Å². The van der Waals surface area contributed by atoms with Crippen molar-refractivity contribution in [2.75, 3.05) is 4.90 Å². The first-order valence-corrected chi connectivity index (χ1v) is 18.5. The van der Waals surface area contributed by atoms with Gasteiger partial charge in [0.1, 0.15) is 0 Å². The molecule has 0 N–H and O–H groups in total. The first-order chi connectivity index (χ1) is 26.8. The summed E-state index contributed by atoms with van der Waals surface area (Å²) in [5.41, 5.74) is 14.2. The second-order valence-corrected chi connectivity index (χ2v) is 13.8. The van der Waals surface area contributed by atoms with Gasteiger partial charge in [0, 0.05) is 33.5 Å². The Bertz CT molecular complexity index is 2890. The molecular weight excluding hydrogens is 653 g/mol. The lowest BCUT2D eigenvalue weighted by Crippen LogP contribution is -2.09.